The maximum Gasteiger partial charge on any atom is 0.335 e. The first-order valence-corrected chi connectivity index (χ1v) is 12.7. The fraction of sp³-hybridized carbons (Fsp3) is 0.167. The third-order valence-electron chi connectivity index (χ3n) is 6.59. The van der Waals surface area contributed by atoms with Gasteiger partial charge in [0.15, 0.2) is 5.82 Å². The molecule has 0 bridgehead atoms. The lowest BCUT2D eigenvalue weighted by molar-refractivity contribution is 0.0696. The number of aromatic carboxylic acids is 1. The number of methoxy groups -OCH3 is 1. The van der Waals surface area contributed by atoms with Crippen LogP contribution in [-0.4, -0.2) is 44.3 Å². The summed E-state index contributed by atoms with van der Waals surface area (Å²) in [6.45, 7) is 0.0571. The molecule has 0 aliphatic heterocycles. The lowest BCUT2D eigenvalue weighted by Crippen LogP contribution is -2.10. The number of fused-ring (bicyclic) bond motifs is 1. The van der Waals surface area contributed by atoms with Crippen molar-refractivity contribution in [3.63, 3.8) is 0 Å². The van der Waals surface area contributed by atoms with Crippen LogP contribution in [0, 0.1) is 34.6 Å². The predicted molar refractivity (Wildman–Crippen MR) is 144 cm³/mol. The van der Waals surface area contributed by atoms with E-state index in [2.05, 4.69) is 15.0 Å². The smallest absolute Gasteiger partial charge is 0.335 e. The van der Waals surface area contributed by atoms with Gasteiger partial charge in [-0.05, 0) is 48.0 Å². The second-order valence-corrected chi connectivity index (χ2v) is 9.33. The van der Waals surface area contributed by atoms with Gasteiger partial charge in [-0.1, -0.05) is 6.07 Å². The third-order valence-corrected chi connectivity index (χ3v) is 6.59. The monoisotopic (exact) mass is 591 g/mol. The van der Waals surface area contributed by atoms with E-state index in [4.69, 9.17) is 14.7 Å². The Morgan fingerprint density at radius 2 is 1.77 bits per heavy atom. The van der Waals surface area contributed by atoms with Crippen molar-refractivity contribution >= 4 is 17.0 Å². The largest absolute Gasteiger partial charge is 0.478 e. The van der Waals surface area contributed by atoms with E-state index in [0.717, 1.165) is 24.3 Å². The van der Waals surface area contributed by atoms with Gasteiger partial charge in [-0.3, -0.25) is 0 Å². The Hall–Kier alpha value is -5.35. The van der Waals surface area contributed by atoms with Crippen LogP contribution in [0.2, 0.25) is 0 Å². The van der Waals surface area contributed by atoms with Crippen molar-refractivity contribution in [2.75, 3.05) is 13.7 Å². The summed E-state index contributed by atoms with van der Waals surface area (Å²) in [5.41, 5.74) is -0.202. The van der Waals surface area contributed by atoms with Crippen LogP contribution in [0.3, 0.4) is 0 Å². The number of hydrogen-bond acceptors (Lipinski definition) is 7. The number of aromatic nitrogens is 4. The SMILES string of the molecule is COCCn1c(Cc2cc(F)c(-c3ccnc(OCc4ccc(C#N)cc4F)n3)cc2F)nc2c(F)cc(C(=O)O)cc21. The number of nitrogens with zero attached hydrogens (tertiary/aromatic N) is 5. The van der Waals surface area contributed by atoms with Gasteiger partial charge in [0.1, 0.15) is 35.4 Å². The molecule has 9 nitrogen and oxygen atoms in total. The summed E-state index contributed by atoms with van der Waals surface area (Å²) < 4.78 is 71.6. The van der Waals surface area contributed by atoms with Crippen LogP contribution >= 0.6 is 0 Å². The number of halogens is 4. The summed E-state index contributed by atoms with van der Waals surface area (Å²) in [5.74, 6) is -4.29. The second-order valence-electron chi connectivity index (χ2n) is 9.33. The molecule has 0 aliphatic rings. The number of benzene rings is 3. The maximum atomic E-state index is 15.3. The molecule has 0 spiro atoms. The number of rotatable bonds is 10. The van der Waals surface area contributed by atoms with E-state index >= 15 is 8.78 Å². The summed E-state index contributed by atoms with van der Waals surface area (Å²) in [4.78, 5) is 23.8. The molecule has 0 amide bonds. The Bertz CT molecular complexity index is 1900. The van der Waals surface area contributed by atoms with Gasteiger partial charge in [0.05, 0.1) is 35.0 Å². The molecule has 5 aromatic rings. The molecule has 0 saturated heterocycles. The van der Waals surface area contributed by atoms with Gasteiger partial charge in [-0.2, -0.15) is 10.2 Å². The highest BCUT2D eigenvalue weighted by Crippen LogP contribution is 2.28. The molecule has 2 aromatic heterocycles. The highest BCUT2D eigenvalue weighted by atomic mass is 19.1. The number of ether oxygens (including phenoxy) is 2. The van der Waals surface area contributed by atoms with Gasteiger partial charge in [-0.15, -0.1) is 0 Å². The molecule has 0 unspecified atom stereocenters. The van der Waals surface area contributed by atoms with Gasteiger partial charge in [0.2, 0.25) is 0 Å². The van der Waals surface area contributed by atoms with E-state index in [9.17, 15) is 18.7 Å². The highest BCUT2D eigenvalue weighted by Gasteiger charge is 2.21. The zero-order valence-electron chi connectivity index (χ0n) is 22.4. The van der Waals surface area contributed by atoms with E-state index < -0.39 is 29.2 Å². The van der Waals surface area contributed by atoms with E-state index in [1.165, 1.54) is 42.1 Å². The zero-order valence-corrected chi connectivity index (χ0v) is 22.4. The summed E-state index contributed by atoms with van der Waals surface area (Å²) in [6, 6.07) is 10.9. The first-order chi connectivity index (χ1) is 20.7. The van der Waals surface area contributed by atoms with Crippen LogP contribution in [-0.2, 0) is 24.3 Å². The molecule has 3 aromatic carbocycles. The van der Waals surface area contributed by atoms with Gasteiger partial charge in [0.25, 0.3) is 0 Å². The van der Waals surface area contributed by atoms with Gasteiger partial charge in [-0.25, -0.2) is 32.3 Å². The molecule has 218 valence electrons. The number of carbonyl (C=O) groups is 1. The Labute approximate surface area is 241 Å². The van der Waals surface area contributed by atoms with Crippen molar-refractivity contribution in [1.29, 1.82) is 5.26 Å². The fourth-order valence-corrected chi connectivity index (χ4v) is 4.45. The summed E-state index contributed by atoms with van der Waals surface area (Å²) in [7, 11) is 1.45. The third kappa shape index (κ3) is 6.14. The Morgan fingerprint density at radius 1 is 0.977 bits per heavy atom. The number of carboxylic acid groups (broad SMARTS) is 1. The van der Waals surface area contributed by atoms with E-state index in [0.29, 0.717) is 0 Å². The average molecular weight is 592 g/mol. The van der Waals surface area contributed by atoms with E-state index in [1.807, 2.05) is 6.07 Å². The van der Waals surface area contributed by atoms with Crippen molar-refractivity contribution in [3.05, 3.63) is 106 Å². The van der Waals surface area contributed by atoms with Crippen LogP contribution < -0.4 is 4.74 Å². The van der Waals surface area contributed by atoms with Crippen molar-refractivity contribution in [1.82, 2.24) is 19.5 Å². The van der Waals surface area contributed by atoms with Crippen LogP contribution in [0.25, 0.3) is 22.3 Å². The van der Waals surface area contributed by atoms with Crippen molar-refractivity contribution in [2.45, 2.75) is 19.6 Å². The lowest BCUT2D eigenvalue weighted by Gasteiger charge is -2.11. The molecular weight excluding hydrogens is 570 g/mol. The molecule has 0 aliphatic carbocycles. The normalized spacial score (nSPS) is 11.1. The predicted octanol–water partition coefficient (Wildman–Crippen LogP) is 5.44. The average Bonchev–Trinajstić information content (AvgIpc) is 3.34. The van der Waals surface area contributed by atoms with Crippen LogP contribution in [0.15, 0.2) is 54.7 Å². The van der Waals surface area contributed by atoms with Crippen LogP contribution in [0.1, 0.15) is 32.9 Å². The molecule has 1 N–H and O–H groups in total. The number of nitriles is 1. The maximum absolute atomic E-state index is 15.3. The minimum atomic E-state index is -1.33. The molecule has 13 heteroatoms. The minimum Gasteiger partial charge on any atom is -0.478 e. The molecule has 0 atom stereocenters. The van der Waals surface area contributed by atoms with E-state index in [1.54, 1.807) is 0 Å². The highest BCUT2D eigenvalue weighted by molar-refractivity contribution is 5.92. The second kappa shape index (κ2) is 12.3. The van der Waals surface area contributed by atoms with Gasteiger partial charge >= 0.3 is 12.0 Å². The van der Waals surface area contributed by atoms with Gasteiger partial charge in [0, 0.05) is 37.4 Å². The van der Waals surface area contributed by atoms with Crippen molar-refractivity contribution in [3.8, 4) is 23.3 Å². The molecule has 5 rings (SSSR count). The quantitative estimate of drug-likeness (QED) is 0.213. The van der Waals surface area contributed by atoms with E-state index in [-0.39, 0.29) is 82.6 Å². The molecule has 0 radical (unpaired) electrons. The number of imidazole rings is 1. The molecule has 43 heavy (non-hydrogen) atoms. The lowest BCUT2D eigenvalue weighted by atomic mass is 10.0. The first-order valence-electron chi connectivity index (χ1n) is 12.7. The fourth-order valence-electron chi connectivity index (χ4n) is 4.45. The molecule has 0 saturated carbocycles. The Morgan fingerprint density at radius 3 is 2.49 bits per heavy atom. The van der Waals surface area contributed by atoms with Crippen LogP contribution in [0.4, 0.5) is 17.6 Å². The number of hydrogen-bond donors (Lipinski definition) is 1. The topological polar surface area (TPSA) is 123 Å². The minimum absolute atomic E-state index is 0.00357. The summed E-state index contributed by atoms with van der Waals surface area (Å²) in [6.07, 6.45) is 1.04. The molecule has 0 fully saturated rings. The van der Waals surface area contributed by atoms with Crippen LogP contribution in [0.5, 0.6) is 6.01 Å². The Balaban J connectivity index is 1.42. The Kier molecular flexibility index (Phi) is 8.31. The molecular formula is C30H21F4N5O4. The van der Waals surface area contributed by atoms with Gasteiger partial charge < -0.3 is 19.1 Å². The summed E-state index contributed by atoms with van der Waals surface area (Å²) in [5, 5.41) is 18.2. The zero-order chi connectivity index (χ0) is 30.7. The number of carboxylic acids is 1. The summed E-state index contributed by atoms with van der Waals surface area (Å²) >= 11 is 0. The standard InChI is InChI=1S/C30H21F4N5O4/c1-42-7-6-39-26-11-19(29(40)41)10-24(34)28(26)38-27(39)12-18-9-23(33)20(13-22(18)32)25-4-5-36-30(37-25)43-15-17-3-2-16(14-35)8-21(17)31/h2-5,8-11,13H,6-7,12,15H2,1H3,(H,40,41). The first kappa shape index (κ1) is 29.2. The van der Waals surface area contributed by atoms with Crippen molar-refractivity contribution < 1.29 is 36.9 Å². The van der Waals surface area contributed by atoms with Crippen molar-refractivity contribution in [2.24, 2.45) is 0 Å². The molecule has 2 heterocycles.